The average Bonchev–Trinajstić information content (AvgIpc) is 2.53. The zero-order valence-corrected chi connectivity index (χ0v) is 8.42. The molecule has 72 valence electrons. The lowest BCUT2D eigenvalue weighted by Crippen LogP contribution is -2.44. The second kappa shape index (κ2) is 3.47. The zero-order valence-electron chi connectivity index (χ0n) is 7.60. The molecular weight excluding hydrogens is 186 g/mol. The molecule has 1 saturated heterocycles. The Morgan fingerprint density at radius 3 is 2.54 bits per heavy atom. The molecule has 2 N–H and O–H groups in total. The van der Waals surface area contributed by atoms with Gasteiger partial charge in [-0.3, -0.25) is 0 Å². The van der Waals surface area contributed by atoms with E-state index in [4.69, 9.17) is 5.73 Å². The Morgan fingerprint density at radius 2 is 2.00 bits per heavy atom. The van der Waals surface area contributed by atoms with Gasteiger partial charge in [-0.25, -0.2) is 0 Å². The number of nitrogens with two attached hydrogens (primary N) is 1. The van der Waals surface area contributed by atoms with Crippen LogP contribution in [0.1, 0.15) is 0 Å². The van der Waals surface area contributed by atoms with Gasteiger partial charge in [-0.2, -0.15) is 9.36 Å². The molecule has 1 aliphatic rings. The second-order valence-corrected chi connectivity index (χ2v) is 3.96. The number of rotatable bonds is 1. The van der Waals surface area contributed by atoms with Crippen LogP contribution in [-0.4, -0.2) is 47.5 Å². The van der Waals surface area contributed by atoms with Crippen molar-refractivity contribution in [1.82, 2.24) is 14.3 Å². The van der Waals surface area contributed by atoms with E-state index >= 15 is 0 Å². The Morgan fingerprint density at radius 1 is 1.31 bits per heavy atom. The summed E-state index contributed by atoms with van der Waals surface area (Å²) in [5.74, 6) is 0.388. The van der Waals surface area contributed by atoms with E-state index in [-0.39, 0.29) is 0 Å². The summed E-state index contributed by atoms with van der Waals surface area (Å²) in [4.78, 5) is 8.69. The SMILES string of the molecule is CN1CCN(c2nc(N)ns2)CC1. The van der Waals surface area contributed by atoms with Crippen LogP contribution >= 0.6 is 11.5 Å². The topological polar surface area (TPSA) is 58.3 Å². The molecule has 2 heterocycles. The number of hydrogen-bond donors (Lipinski definition) is 1. The molecule has 1 aliphatic heterocycles. The molecule has 0 radical (unpaired) electrons. The van der Waals surface area contributed by atoms with Crippen molar-refractivity contribution in [2.24, 2.45) is 0 Å². The monoisotopic (exact) mass is 199 g/mol. The molecule has 0 aromatic carbocycles. The van der Waals surface area contributed by atoms with Gasteiger partial charge in [-0.05, 0) is 7.05 Å². The summed E-state index contributed by atoms with van der Waals surface area (Å²) in [6.07, 6.45) is 0. The number of nitrogens with zero attached hydrogens (tertiary/aromatic N) is 4. The first-order valence-corrected chi connectivity index (χ1v) is 5.06. The quantitative estimate of drug-likeness (QED) is 0.683. The van der Waals surface area contributed by atoms with E-state index in [1.54, 1.807) is 0 Å². The third-order valence-electron chi connectivity index (χ3n) is 2.20. The minimum Gasteiger partial charge on any atom is -0.367 e. The van der Waals surface area contributed by atoms with Crippen LogP contribution in [0.3, 0.4) is 0 Å². The van der Waals surface area contributed by atoms with Crippen LogP contribution in [0.4, 0.5) is 11.1 Å². The lowest BCUT2D eigenvalue weighted by molar-refractivity contribution is 0.313. The van der Waals surface area contributed by atoms with E-state index in [0.29, 0.717) is 5.95 Å². The van der Waals surface area contributed by atoms with Crippen molar-refractivity contribution in [3.8, 4) is 0 Å². The normalized spacial score (nSPS) is 19.3. The molecule has 13 heavy (non-hydrogen) atoms. The van der Waals surface area contributed by atoms with Crippen LogP contribution in [0.25, 0.3) is 0 Å². The van der Waals surface area contributed by atoms with Crippen molar-refractivity contribution in [3.63, 3.8) is 0 Å². The summed E-state index contributed by atoms with van der Waals surface area (Å²) in [5, 5.41) is 0.950. The summed E-state index contributed by atoms with van der Waals surface area (Å²) in [5.41, 5.74) is 5.46. The van der Waals surface area contributed by atoms with E-state index in [9.17, 15) is 0 Å². The fraction of sp³-hybridized carbons (Fsp3) is 0.714. The molecule has 0 unspecified atom stereocenters. The Kier molecular flexibility index (Phi) is 2.32. The summed E-state index contributed by atoms with van der Waals surface area (Å²) in [6.45, 7) is 4.20. The van der Waals surface area contributed by atoms with Gasteiger partial charge in [-0.15, -0.1) is 0 Å². The summed E-state index contributed by atoms with van der Waals surface area (Å²) in [6, 6.07) is 0. The van der Waals surface area contributed by atoms with Gasteiger partial charge in [0.25, 0.3) is 0 Å². The fourth-order valence-corrected chi connectivity index (χ4v) is 2.00. The van der Waals surface area contributed by atoms with Crippen molar-refractivity contribution in [1.29, 1.82) is 0 Å². The maximum atomic E-state index is 5.46. The van der Waals surface area contributed by atoms with Gasteiger partial charge in [0.1, 0.15) is 0 Å². The lowest BCUT2D eigenvalue weighted by Gasteiger charge is -2.31. The third kappa shape index (κ3) is 1.89. The van der Waals surface area contributed by atoms with Gasteiger partial charge < -0.3 is 15.5 Å². The maximum absolute atomic E-state index is 5.46. The third-order valence-corrected chi connectivity index (χ3v) is 3.00. The van der Waals surface area contributed by atoms with E-state index in [0.717, 1.165) is 31.3 Å². The first-order chi connectivity index (χ1) is 6.25. The van der Waals surface area contributed by atoms with Crippen LogP contribution in [-0.2, 0) is 0 Å². The predicted molar refractivity (Wildman–Crippen MR) is 54.0 cm³/mol. The largest absolute Gasteiger partial charge is 0.367 e. The molecule has 0 saturated carbocycles. The molecule has 1 fully saturated rings. The van der Waals surface area contributed by atoms with Crippen molar-refractivity contribution < 1.29 is 0 Å². The highest BCUT2D eigenvalue weighted by Crippen LogP contribution is 2.18. The fourth-order valence-electron chi connectivity index (χ4n) is 1.35. The molecule has 1 aromatic rings. The molecular formula is C7H13N5S. The van der Waals surface area contributed by atoms with E-state index in [1.165, 1.54) is 11.5 Å². The van der Waals surface area contributed by atoms with E-state index in [1.807, 2.05) is 0 Å². The molecule has 5 nitrogen and oxygen atoms in total. The number of anilines is 2. The Labute approximate surface area is 81.3 Å². The highest BCUT2D eigenvalue weighted by atomic mass is 32.1. The van der Waals surface area contributed by atoms with Gasteiger partial charge >= 0.3 is 0 Å². The summed E-state index contributed by atoms with van der Waals surface area (Å²) < 4.78 is 3.96. The number of likely N-dealkylation sites (N-methyl/N-ethyl adjacent to an activating group) is 1. The Balaban J connectivity index is 2.02. The van der Waals surface area contributed by atoms with Gasteiger partial charge in [0, 0.05) is 37.7 Å². The highest BCUT2D eigenvalue weighted by molar-refractivity contribution is 7.09. The highest BCUT2D eigenvalue weighted by Gasteiger charge is 2.16. The van der Waals surface area contributed by atoms with Crippen molar-refractivity contribution >= 4 is 22.6 Å². The molecule has 0 bridgehead atoms. The molecule has 0 spiro atoms. The van der Waals surface area contributed by atoms with Gasteiger partial charge in [0.15, 0.2) is 0 Å². The van der Waals surface area contributed by atoms with Gasteiger partial charge in [0.2, 0.25) is 11.1 Å². The molecule has 0 atom stereocenters. The predicted octanol–water partition coefficient (Wildman–Crippen LogP) is -0.128. The first kappa shape index (κ1) is 8.71. The number of piperazine rings is 1. The van der Waals surface area contributed by atoms with Gasteiger partial charge in [-0.1, -0.05) is 0 Å². The average molecular weight is 199 g/mol. The standard InChI is InChI=1S/C7H13N5S/c1-11-2-4-12(5-3-11)7-9-6(8)10-13-7/h2-5H2,1H3,(H2,8,10). The number of nitrogen functional groups attached to an aromatic ring is 1. The minimum absolute atomic E-state index is 0.388. The van der Waals surface area contributed by atoms with Crippen molar-refractivity contribution in [3.05, 3.63) is 0 Å². The Hall–Kier alpha value is -0.880. The van der Waals surface area contributed by atoms with E-state index in [2.05, 4.69) is 26.2 Å². The van der Waals surface area contributed by atoms with Crippen LogP contribution < -0.4 is 10.6 Å². The minimum atomic E-state index is 0.388. The van der Waals surface area contributed by atoms with Crippen LogP contribution in [0.2, 0.25) is 0 Å². The Bertz CT molecular complexity index is 278. The summed E-state index contributed by atoms with van der Waals surface area (Å²) >= 11 is 1.38. The molecule has 1 aromatic heterocycles. The molecule has 2 rings (SSSR count). The number of aromatic nitrogens is 2. The van der Waals surface area contributed by atoms with Gasteiger partial charge in [0.05, 0.1) is 0 Å². The zero-order chi connectivity index (χ0) is 9.26. The van der Waals surface area contributed by atoms with Crippen molar-refractivity contribution in [2.75, 3.05) is 43.9 Å². The van der Waals surface area contributed by atoms with Crippen molar-refractivity contribution in [2.45, 2.75) is 0 Å². The first-order valence-electron chi connectivity index (χ1n) is 4.28. The second-order valence-electron chi connectivity index (χ2n) is 3.23. The van der Waals surface area contributed by atoms with Crippen LogP contribution in [0.15, 0.2) is 0 Å². The molecule has 6 heteroatoms. The van der Waals surface area contributed by atoms with E-state index < -0.39 is 0 Å². The molecule has 0 amide bonds. The van der Waals surface area contributed by atoms with Crippen LogP contribution in [0.5, 0.6) is 0 Å². The van der Waals surface area contributed by atoms with Crippen LogP contribution in [0, 0.1) is 0 Å². The lowest BCUT2D eigenvalue weighted by atomic mass is 10.3. The smallest absolute Gasteiger partial charge is 0.233 e. The summed E-state index contributed by atoms with van der Waals surface area (Å²) in [7, 11) is 2.13. The maximum Gasteiger partial charge on any atom is 0.233 e. The molecule has 0 aliphatic carbocycles. The number of hydrogen-bond acceptors (Lipinski definition) is 6.